The summed E-state index contributed by atoms with van der Waals surface area (Å²) in [6, 6.07) is 7.78. The molecule has 0 aliphatic heterocycles. The van der Waals surface area contributed by atoms with Crippen LogP contribution in [0.2, 0.25) is 0 Å². The summed E-state index contributed by atoms with van der Waals surface area (Å²) in [5, 5.41) is 18.7. The second-order valence-electron chi connectivity index (χ2n) is 5.56. The van der Waals surface area contributed by atoms with Crippen LogP contribution in [-0.4, -0.2) is 22.3 Å². The molecule has 1 aromatic carbocycles. The van der Waals surface area contributed by atoms with Gasteiger partial charge >= 0.3 is 5.97 Å². The van der Waals surface area contributed by atoms with Gasteiger partial charge in [0.05, 0.1) is 6.10 Å². The number of aliphatic carboxylic acids is 1. The predicted octanol–water partition coefficient (Wildman–Crippen LogP) is 3.28. The molecule has 1 aliphatic carbocycles. The van der Waals surface area contributed by atoms with Crippen molar-refractivity contribution in [1.82, 2.24) is 0 Å². The fourth-order valence-corrected chi connectivity index (χ4v) is 3.04. The Hall–Kier alpha value is -1.35. The fraction of sp³-hybridized carbons (Fsp3) is 0.562. The Morgan fingerprint density at radius 2 is 1.74 bits per heavy atom. The Balaban J connectivity index is 2.14. The zero-order valence-corrected chi connectivity index (χ0v) is 11.4. The molecule has 2 N–H and O–H groups in total. The van der Waals surface area contributed by atoms with Crippen molar-refractivity contribution >= 4 is 5.97 Å². The molecule has 0 unspecified atom stereocenters. The molecular weight excluding hydrogens is 240 g/mol. The van der Waals surface area contributed by atoms with Crippen molar-refractivity contribution in [2.75, 3.05) is 0 Å². The predicted molar refractivity (Wildman–Crippen MR) is 74.3 cm³/mol. The molecule has 3 nitrogen and oxygen atoms in total. The molecule has 2 rings (SSSR count). The van der Waals surface area contributed by atoms with Gasteiger partial charge in [-0.2, -0.15) is 0 Å². The van der Waals surface area contributed by atoms with E-state index in [0.717, 1.165) is 0 Å². The van der Waals surface area contributed by atoms with Gasteiger partial charge in [-0.05, 0) is 36.8 Å². The fourth-order valence-electron chi connectivity index (χ4n) is 3.04. The normalized spacial score (nSPS) is 19.9. The summed E-state index contributed by atoms with van der Waals surface area (Å²) >= 11 is 0. The number of hydrogen-bond donors (Lipinski definition) is 2. The van der Waals surface area contributed by atoms with Gasteiger partial charge in [0, 0.05) is 0 Å². The zero-order chi connectivity index (χ0) is 13.8. The average Bonchev–Trinajstić information content (AvgIpc) is 2.40. The Bertz CT molecular complexity index is 416. The van der Waals surface area contributed by atoms with E-state index in [4.69, 9.17) is 5.11 Å². The third-order valence-electron chi connectivity index (χ3n) is 4.12. The Morgan fingerprint density at radius 1 is 1.16 bits per heavy atom. The maximum atomic E-state index is 11.2. The number of carbonyl (C=O) groups is 1. The van der Waals surface area contributed by atoms with E-state index in [1.807, 2.05) is 24.3 Å². The van der Waals surface area contributed by atoms with Crippen LogP contribution in [0.1, 0.15) is 62.0 Å². The smallest absolute Gasteiger partial charge is 0.313 e. The molecule has 0 aromatic heterocycles. The number of carboxylic acid groups (broad SMARTS) is 1. The lowest BCUT2D eigenvalue weighted by atomic mass is 9.83. The van der Waals surface area contributed by atoms with Gasteiger partial charge < -0.3 is 10.2 Å². The summed E-state index contributed by atoms with van der Waals surface area (Å²) in [4.78, 5) is 11.2. The van der Waals surface area contributed by atoms with Crippen LogP contribution in [-0.2, 0) is 4.79 Å². The number of aliphatic hydroxyl groups excluding tert-OH is 1. The summed E-state index contributed by atoms with van der Waals surface area (Å²) in [6.45, 7) is 1.52. The third-order valence-corrected chi connectivity index (χ3v) is 4.12. The van der Waals surface area contributed by atoms with Crippen molar-refractivity contribution < 1.29 is 15.0 Å². The van der Waals surface area contributed by atoms with E-state index >= 15 is 0 Å². The van der Waals surface area contributed by atoms with E-state index in [9.17, 15) is 9.90 Å². The van der Waals surface area contributed by atoms with Crippen LogP contribution >= 0.6 is 0 Å². The highest BCUT2D eigenvalue weighted by atomic mass is 16.4. The van der Waals surface area contributed by atoms with Gasteiger partial charge in [0.25, 0.3) is 0 Å². The van der Waals surface area contributed by atoms with E-state index in [0.29, 0.717) is 11.5 Å². The first kappa shape index (κ1) is 14.1. The van der Waals surface area contributed by atoms with Crippen LogP contribution in [0, 0.1) is 0 Å². The van der Waals surface area contributed by atoms with Crippen LogP contribution in [0.5, 0.6) is 0 Å². The van der Waals surface area contributed by atoms with Crippen molar-refractivity contribution in [1.29, 1.82) is 0 Å². The largest absolute Gasteiger partial charge is 0.481 e. The summed E-state index contributed by atoms with van der Waals surface area (Å²) in [6.07, 6.45) is 5.50. The Kier molecular flexibility index (Phi) is 4.59. The minimum Gasteiger partial charge on any atom is -0.481 e. The average molecular weight is 262 g/mol. The van der Waals surface area contributed by atoms with E-state index in [-0.39, 0.29) is 0 Å². The molecule has 0 saturated heterocycles. The molecule has 0 amide bonds. The van der Waals surface area contributed by atoms with Crippen molar-refractivity contribution in [3.63, 3.8) is 0 Å². The second kappa shape index (κ2) is 6.20. The van der Waals surface area contributed by atoms with Gasteiger partial charge in [0.2, 0.25) is 0 Å². The summed E-state index contributed by atoms with van der Waals surface area (Å²) in [5.74, 6) is -1.18. The van der Waals surface area contributed by atoms with Crippen molar-refractivity contribution in [2.24, 2.45) is 0 Å². The Morgan fingerprint density at radius 3 is 2.21 bits per heavy atom. The second-order valence-corrected chi connectivity index (χ2v) is 5.56. The molecule has 1 aromatic rings. The van der Waals surface area contributed by atoms with Crippen molar-refractivity contribution in [3.8, 4) is 0 Å². The number of carboxylic acids is 1. The maximum absolute atomic E-state index is 11.2. The molecule has 104 valence electrons. The molecule has 0 heterocycles. The maximum Gasteiger partial charge on any atom is 0.313 e. The number of aliphatic hydroxyl groups is 1. The molecule has 3 heteroatoms. The first-order chi connectivity index (χ1) is 9.09. The number of rotatable bonds is 4. The highest BCUT2D eigenvalue weighted by Gasteiger charge is 2.25. The first-order valence-corrected chi connectivity index (χ1v) is 7.10. The van der Waals surface area contributed by atoms with E-state index in [1.165, 1.54) is 44.6 Å². The van der Waals surface area contributed by atoms with Crippen LogP contribution < -0.4 is 0 Å². The topological polar surface area (TPSA) is 57.5 Å². The first-order valence-electron chi connectivity index (χ1n) is 7.10. The van der Waals surface area contributed by atoms with E-state index in [2.05, 4.69) is 0 Å². The van der Waals surface area contributed by atoms with Crippen LogP contribution in [0.3, 0.4) is 0 Å². The van der Waals surface area contributed by atoms with Gasteiger partial charge in [-0.15, -0.1) is 0 Å². The molecular formula is C16H22O3. The van der Waals surface area contributed by atoms with E-state index in [1.54, 1.807) is 0 Å². The highest BCUT2D eigenvalue weighted by molar-refractivity contribution is 5.76. The standard InChI is InChI=1S/C16H22O3/c1-11(17)15(16(18)19)14-9-7-13(8-10-14)12-5-3-2-4-6-12/h7-12,15,17H,2-6H2,1H3,(H,18,19)/t11-,15+/m1/s1. The van der Waals surface area contributed by atoms with Crippen LogP contribution in [0.15, 0.2) is 24.3 Å². The molecule has 1 saturated carbocycles. The molecule has 0 spiro atoms. The summed E-state index contributed by atoms with van der Waals surface area (Å²) in [7, 11) is 0. The molecule has 1 fully saturated rings. The molecule has 0 bridgehead atoms. The van der Waals surface area contributed by atoms with Crippen molar-refractivity contribution in [3.05, 3.63) is 35.4 Å². The van der Waals surface area contributed by atoms with Gasteiger partial charge in [-0.25, -0.2) is 0 Å². The molecule has 1 aliphatic rings. The number of benzene rings is 1. The minimum atomic E-state index is -0.972. The lowest BCUT2D eigenvalue weighted by Gasteiger charge is -2.23. The molecule has 2 atom stereocenters. The van der Waals surface area contributed by atoms with Crippen molar-refractivity contribution in [2.45, 2.75) is 57.0 Å². The molecule has 19 heavy (non-hydrogen) atoms. The monoisotopic (exact) mass is 262 g/mol. The highest BCUT2D eigenvalue weighted by Crippen LogP contribution is 2.33. The zero-order valence-electron chi connectivity index (χ0n) is 11.4. The van der Waals surface area contributed by atoms with Crippen LogP contribution in [0.4, 0.5) is 0 Å². The lowest BCUT2D eigenvalue weighted by molar-refractivity contribution is -0.141. The quantitative estimate of drug-likeness (QED) is 0.875. The molecule has 0 radical (unpaired) electrons. The van der Waals surface area contributed by atoms with Gasteiger partial charge in [0.15, 0.2) is 0 Å². The van der Waals surface area contributed by atoms with Gasteiger partial charge in [-0.3, -0.25) is 4.79 Å². The summed E-state index contributed by atoms with van der Waals surface area (Å²) in [5.41, 5.74) is 1.99. The van der Waals surface area contributed by atoms with Gasteiger partial charge in [0.1, 0.15) is 5.92 Å². The lowest BCUT2D eigenvalue weighted by Crippen LogP contribution is -2.23. The third kappa shape index (κ3) is 3.35. The Labute approximate surface area is 114 Å². The van der Waals surface area contributed by atoms with Crippen LogP contribution in [0.25, 0.3) is 0 Å². The summed E-state index contributed by atoms with van der Waals surface area (Å²) < 4.78 is 0. The van der Waals surface area contributed by atoms with Gasteiger partial charge in [-0.1, -0.05) is 43.5 Å². The van der Waals surface area contributed by atoms with E-state index < -0.39 is 18.0 Å². The minimum absolute atomic E-state index is 0.623. The SMILES string of the molecule is C[C@@H](O)[C@H](C(=O)O)c1ccc(C2CCCCC2)cc1. The number of hydrogen-bond acceptors (Lipinski definition) is 2.